The van der Waals surface area contributed by atoms with E-state index in [0.29, 0.717) is 12.1 Å². The third-order valence-electron chi connectivity index (χ3n) is 6.54. The van der Waals surface area contributed by atoms with Gasteiger partial charge in [0.1, 0.15) is 17.5 Å². The number of rotatable bonds is 7. The zero-order valence-corrected chi connectivity index (χ0v) is 18.8. The van der Waals surface area contributed by atoms with Crippen molar-refractivity contribution in [2.75, 3.05) is 24.5 Å². The number of aromatic nitrogens is 1. The third-order valence-corrected chi connectivity index (χ3v) is 6.54. The van der Waals surface area contributed by atoms with E-state index in [1.807, 2.05) is 42.6 Å². The number of anilines is 1. The Morgan fingerprint density at radius 3 is 2.03 bits per heavy atom. The molecule has 0 bridgehead atoms. The van der Waals surface area contributed by atoms with E-state index >= 15 is 0 Å². The largest absolute Gasteiger partial charge is 0.351 e. The highest BCUT2D eigenvalue weighted by Gasteiger charge is 2.29. The minimum atomic E-state index is -0.236. The molecule has 0 spiro atoms. The highest BCUT2D eigenvalue weighted by Crippen LogP contribution is 2.30. The predicted molar refractivity (Wildman–Crippen MR) is 126 cm³/mol. The lowest BCUT2D eigenvalue weighted by atomic mass is 9.87. The fourth-order valence-corrected chi connectivity index (χ4v) is 4.77. The van der Waals surface area contributed by atoms with Crippen molar-refractivity contribution in [2.24, 2.45) is 0 Å². The molecule has 0 saturated carbocycles. The standard InChI is InChI=1S/C27H31F2N3/c1-20-19-32(27-7-3-4-16-30-27)21(2)18-31(20)17-5-6-26(22-8-12-24(28)13-9-22)23-10-14-25(29)15-11-23/h3-4,7-16,20-21,26H,5-6,17-19H2,1-2H3. The summed E-state index contributed by atoms with van der Waals surface area (Å²) < 4.78 is 26.9. The molecule has 1 aliphatic heterocycles. The van der Waals surface area contributed by atoms with Crippen molar-refractivity contribution in [2.45, 2.75) is 44.7 Å². The van der Waals surface area contributed by atoms with Gasteiger partial charge < -0.3 is 4.90 Å². The number of nitrogens with zero attached hydrogens (tertiary/aromatic N) is 3. The number of benzene rings is 2. The smallest absolute Gasteiger partial charge is 0.128 e. The van der Waals surface area contributed by atoms with Gasteiger partial charge in [-0.15, -0.1) is 0 Å². The zero-order chi connectivity index (χ0) is 22.5. The van der Waals surface area contributed by atoms with Gasteiger partial charge in [0.05, 0.1) is 0 Å². The van der Waals surface area contributed by atoms with Gasteiger partial charge in [0, 0.05) is 37.3 Å². The first-order valence-corrected chi connectivity index (χ1v) is 11.4. The molecule has 1 saturated heterocycles. The SMILES string of the molecule is CC1CN(c2ccccn2)C(C)CN1CCCC(c1ccc(F)cc1)c1ccc(F)cc1. The van der Waals surface area contributed by atoms with Gasteiger partial charge in [0.15, 0.2) is 0 Å². The molecule has 1 fully saturated rings. The molecule has 4 rings (SSSR count). The highest BCUT2D eigenvalue weighted by atomic mass is 19.1. The van der Waals surface area contributed by atoms with Gasteiger partial charge in [0.25, 0.3) is 0 Å². The van der Waals surface area contributed by atoms with E-state index in [-0.39, 0.29) is 17.6 Å². The topological polar surface area (TPSA) is 19.4 Å². The molecule has 32 heavy (non-hydrogen) atoms. The minimum Gasteiger partial charge on any atom is -0.351 e. The normalized spacial score (nSPS) is 19.5. The van der Waals surface area contributed by atoms with Crippen LogP contribution in [0.4, 0.5) is 14.6 Å². The van der Waals surface area contributed by atoms with E-state index in [4.69, 9.17) is 0 Å². The van der Waals surface area contributed by atoms with Crippen LogP contribution in [0.1, 0.15) is 43.7 Å². The Hall–Kier alpha value is -2.79. The minimum absolute atomic E-state index is 0.124. The van der Waals surface area contributed by atoms with Gasteiger partial charge in [-0.3, -0.25) is 4.90 Å². The maximum atomic E-state index is 13.5. The van der Waals surface area contributed by atoms with E-state index in [9.17, 15) is 8.78 Å². The first kappa shape index (κ1) is 22.4. The lowest BCUT2D eigenvalue weighted by Gasteiger charge is -2.45. The van der Waals surface area contributed by atoms with Crippen molar-refractivity contribution < 1.29 is 8.78 Å². The fourth-order valence-electron chi connectivity index (χ4n) is 4.77. The number of hydrogen-bond acceptors (Lipinski definition) is 3. The Labute approximate surface area is 189 Å². The number of halogens is 2. The van der Waals surface area contributed by atoms with Gasteiger partial charge in [0.2, 0.25) is 0 Å². The molecule has 168 valence electrons. The molecule has 0 N–H and O–H groups in total. The van der Waals surface area contributed by atoms with Crippen molar-refractivity contribution in [3.05, 3.63) is 95.7 Å². The molecule has 5 heteroatoms. The Morgan fingerprint density at radius 2 is 1.47 bits per heavy atom. The molecule has 0 radical (unpaired) electrons. The molecule has 2 atom stereocenters. The van der Waals surface area contributed by atoms with Gasteiger partial charge in [-0.1, -0.05) is 30.3 Å². The van der Waals surface area contributed by atoms with E-state index < -0.39 is 0 Å². The molecule has 3 nitrogen and oxygen atoms in total. The Bertz CT molecular complexity index is 931. The van der Waals surface area contributed by atoms with Crippen molar-refractivity contribution in [1.29, 1.82) is 0 Å². The molecule has 0 aliphatic carbocycles. The maximum absolute atomic E-state index is 13.5. The summed E-state index contributed by atoms with van der Waals surface area (Å²) in [4.78, 5) is 9.47. The van der Waals surface area contributed by atoms with Crippen LogP contribution < -0.4 is 4.90 Å². The van der Waals surface area contributed by atoms with Crippen molar-refractivity contribution in [1.82, 2.24) is 9.88 Å². The van der Waals surface area contributed by atoms with E-state index in [1.165, 1.54) is 24.3 Å². The van der Waals surface area contributed by atoms with Crippen LogP contribution in [0, 0.1) is 11.6 Å². The molecular weight excluding hydrogens is 404 g/mol. The van der Waals surface area contributed by atoms with Crippen LogP contribution in [0.15, 0.2) is 72.9 Å². The van der Waals surface area contributed by atoms with E-state index in [2.05, 4.69) is 34.7 Å². The summed E-state index contributed by atoms with van der Waals surface area (Å²) in [5, 5.41) is 0. The molecule has 1 aliphatic rings. The first-order chi connectivity index (χ1) is 15.5. The lowest BCUT2D eigenvalue weighted by molar-refractivity contribution is 0.162. The number of hydrogen-bond donors (Lipinski definition) is 0. The molecular formula is C27H31F2N3. The molecule has 1 aromatic heterocycles. The molecule has 2 aromatic carbocycles. The second kappa shape index (κ2) is 10.2. The summed E-state index contributed by atoms with van der Waals surface area (Å²) in [6, 6.07) is 20.3. The van der Waals surface area contributed by atoms with E-state index in [0.717, 1.165) is 49.4 Å². The van der Waals surface area contributed by atoms with Crippen LogP contribution >= 0.6 is 0 Å². The number of pyridine rings is 1. The van der Waals surface area contributed by atoms with Gasteiger partial charge in [-0.05, 0) is 80.8 Å². The Kier molecular flexibility index (Phi) is 7.15. The van der Waals surface area contributed by atoms with Crippen LogP contribution in [0.5, 0.6) is 0 Å². The van der Waals surface area contributed by atoms with Crippen molar-refractivity contribution in [3.8, 4) is 0 Å². The Balaban J connectivity index is 1.40. The van der Waals surface area contributed by atoms with E-state index in [1.54, 1.807) is 0 Å². The highest BCUT2D eigenvalue weighted by molar-refractivity contribution is 5.40. The van der Waals surface area contributed by atoms with Crippen LogP contribution in [0.3, 0.4) is 0 Å². The monoisotopic (exact) mass is 435 g/mol. The summed E-state index contributed by atoms with van der Waals surface area (Å²) >= 11 is 0. The molecule has 2 heterocycles. The molecule has 3 aromatic rings. The predicted octanol–water partition coefficient (Wildman–Crippen LogP) is 5.87. The quantitative estimate of drug-likeness (QED) is 0.463. The zero-order valence-electron chi connectivity index (χ0n) is 18.8. The van der Waals surface area contributed by atoms with Crippen LogP contribution in [-0.2, 0) is 0 Å². The van der Waals surface area contributed by atoms with Gasteiger partial charge in [-0.2, -0.15) is 0 Å². The molecule has 0 amide bonds. The maximum Gasteiger partial charge on any atom is 0.128 e. The van der Waals surface area contributed by atoms with Crippen LogP contribution in [0.2, 0.25) is 0 Å². The molecule has 2 unspecified atom stereocenters. The summed E-state index contributed by atoms with van der Waals surface area (Å²) in [6.45, 7) is 7.49. The number of piperazine rings is 1. The Morgan fingerprint density at radius 1 is 0.844 bits per heavy atom. The van der Waals surface area contributed by atoms with Crippen molar-refractivity contribution >= 4 is 5.82 Å². The second-order valence-electron chi connectivity index (χ2n) is 8.83. The third kappa shape index (κ3) is 5.33. The summed E-state index contributed by atoms with van der Waals surface area (Å²) in [7, 11) is 0. The summed E-state index contributed by atoms with van der Waals surface area (Å²) in [6.07, 6.45) is 3.79. The summed E-state index contributed by atoms with van der Waals surface area (Å²) in [5.74, 6) is 0.693. The van der Waals surface area contributed by atoms with Crippen molar-refractivity contribution in [3.63, 3.8) is 0 Å². The first-order valence-electron chi connectivity index (χ1n) is 11.4. The van der Waals surface area contributed by atoms with Crippen LogP contribution in [-0.4, -0.2) is 41.6 Å². The van der Waals surface area contributed by atoms with Crippen LogP contribution in [0.25, 0.3) is 0 Å². The average Bonchev–Trinajstić information content (AvgIpc) is 2.81. The van der Waals surface area contributed by atoms with Gasteiger partial charge in [-0.25, -0.2) is 13.8 Å². The average molecular weight is 436 g/mol. The van der Waals surface area contributed by atoms with Gasteiger partial charge >= 0.3 is 0 Å². The second-order valence-corrected chi connectivity index (χ2v) is 8.83. The summed E-state index contributed by atoms with van der Waals surface area (Å²) in [5.41, 5.74) is 2.14. The lowest BCUT2D eigenvalue weighted by Crippen LogP contribution is -2.56. The fraction of sp³-hybridized carbons (Fsp3) is 0.370.